The van der Waals surface area contributed by atoms with Gasteiger partial charge in [0.25, 0.3) is 0 Å². The number of rotatable bonds is 0. The van der Waals surface area contributed by atoms with E-state index < -0.39 is 11.7 Å². The van der Waals surface area contributed by atoms with Crippen molar-refractivity contribution in [1.29, 1.82) is 0 Å². The zero-order valence-corrected chi connectivity index (χ0v) is 10.5. The number of carbonyl (C=O) groups is 2. The highest BCUT2D eigenvalue weighted by atomic mass is 16.6. The van der Waals surface area contributed by atoms with Crippen LogP contribution in [-0.4, -0.2) is 53.1 Å². The lowest BCUT2D eigenvalue weighted by atomic mass is 10.0. The van der Waals surface area contributed by atoms with Crippen LogP contribution < -0.4 is 0 Å². The third kappa shape index (κ3) is 2.43. The second kappa shape index (κ2) is 4.05. The lowest BCUT2D eigenvalue weighted by Gasteiger charge is -2.44. The number of hydrogen-bond donors (Lipinski definition) is 0. The molecule has 1 saturated heterocycles. The van der Waals surface area contributed by atoms with Gasteiger partial charge in [0, 0.05) is 13.1 Å². The van der Waals surface area contributed by atoms with E-state index in [1.807, 2.05) is 32.9 Å². The van der Waals surface area contributed by atoms with Gasteiger partial charge in [0.2, 0.25) is 5.91 Å². The summed E-state index contributed by atoms with van der Waals surface area (Å²) in [5, 5.41) is 0. The Balaban J connectivity index is 2.08. The van der Waals surface area contributed by atoms with Gasteiger partial charge in [0.05, 0.1) is 6.54 Å². The van der Waals surface area contributed by atoms with Crippen molar-refractivity contribution in [3.63, 3.8) is 0 Å². The van der Waals surface area contributed by atoms with Gasteiger partial charge >= 0.3 is 6.09 Å². The first-order valence-corrected chi connectivity index (χ1v) is 5.82. The largest absolute Gasteiger partial charge is 0.444 e. The minimum absolute atomic E-state index is 0.0141. The van der Waals surface area contributed by atoms with Gasteiger partial charge in [-0.05, 0) is 20.8 Å². The smallest absolute Gasteiger partial charge is 0.411 e. The van der Waals surface area contributed by atoms with Crippen molar-refractivity contribution >= 4 is 12.0 Å². The van der Waals surface area contributed by atoms with Gasteiger partial charge in [-0.1, -0.05) is 12.2 Å². The maximum Gasteiger partial charge on any atom is 0.411 e. The van der Waals surface area contributed by atoms with Gasteiger partial charge in [-0.3, -0.25) is 9.69 Å². The van der Waals surface area contributed by atoms with Gasteiger partial charge in [-0.25, -0.2) is 4.79 Å². The first-order chi connectivity index (χ1) is 7.88. The summed E-state index contributed by atoms with van der Waals surface area (Å²) in [5.74, 6) is 0.0141. The molecule has 0 unspecified atom stereocenters. The first kappa shape index (κ1) is 12.0. The SMILES string of the molecule is CC(C)(C)OC(=O)N1C/C=C\CN2C[C@H]1C2=O. The summed E-state index contributed by atoms with van der Waals surface area (Å²) >= 11 is 0. The molecular weight excluding hydrogens is 220 g/mol. The van der Waals surface area contributed by atoms with Crippen LogP contribution in [0, 0.1) is 0 Å². The van der Waals surface area contributed by atoms with E-state index in [0.29, 0.717) is 19.6 Å². The third-order valence-electron chi connectivity index (χ3n) is 2.79. The second-order valence-electron chi connectivity index (χ2n) is 5.36. The normalized spacial score (nSPS) is 25.8. The monoisotopic (exact) mass is 238 g/mol. The third-order valence-corrected chi connectivity index (χ3v) is 2.79. The number of fused-ring (bicyclic) bond motifs is 3. The van der Waals surface area contributed by atoms with Crippen molar-refractivity contribution < 1.29 is 14.3 Å². The minimum atomic E-state index is -0.532. The Hall–Kier alpha value is -1.52. The first-order valence-electron chi connectivity index (χ1n) is 5.82. The van der Waals surface area contributed by atoms with Crippen LogP contribution in [0.1, 0.15) is 20.8 Å². The van der Waals surface area contributed by atoms with Crippen LogP contribution in [0.2, 0.25) is 0 Å². The fourth-order valence-corrected chi connectivity index (χ4v) is 1.91. The molecule has 5 heteroatoms. The standard InChI is InChI=1S/C12H18N2O3/c1-12(2,3)17-11(16)14-7-5-4-6-13-8-9(14)10(13)15/h4-5,9H,6-8H2,1-3H3/b5-4-/t9-/m0/s1. The molecule has 17 heavy (non-hydrogen) atoms. The summed E-state index contributed by atoms with van der Waals surface area (Å²) in [6.07, 6.45) is 3.39. The molecule has 3 aliphatic rings. The molecule has 0 radical (unpaired) electrons. The number of ether oxygens (including phenoxy) is 1. The lowest BCUT2D eigenvalue weighted by Crippen LogP contribution is -2.66. The molecule has 0 spiro atoms. The number of nitrogens with zero attached hydrogens (tertiary/aromatic N) is 2. The van der Waals surface area contributed by atoms with E-state index >= 15 is 0 Å². The summed E-state index contributed by atoms with van der Waals surface area (Å²) in [6, 6.07) is -0.338. The molecule has 3 aliphatic heterocycles. The van der Waals surface area contributed by atoms with Crippen molar-refractivity contribution in [3.8, 4) is 0 Å². The zero-order valence-electron chi connectivity index (χ0n) is 10.5. The minimum Gasteiger partial charge on any atom is -0.444 e. The van der Waals surface area contributed by atoms with Crippen molar-refractivity contribution in [1.82, 2.24) is 9.80 Å². The van der Waals surface area contributed by atoms with Crippen LogP contribution in [0.25, 0.3) is 0 Å². The van der Waals surface area contributed by atoms with Crippen molar-refractivity contribution in [3.05, 3.63) is 12.2 Å². The molecule has 0 aromatic heterocycles. The van der Waals surface area contributed by atoms with Crippen molar-refractivity contribution in [2.45, 2.75) is 32.4 Å². The molecule has 2 amide bonds. The molecule has 94 valence electrons. The predicted octanol–water partition coefficient (Wildman–Crippen LogP) is 1.00. The quantitative estimate of drug-likeness (QED) is 0.467. The maximum absolute atomic E-state index is 12.0. The van der Waals surface area contributed by atoms with E-state index in [2.05, 4.69) is 0 Å². The number of amides is 2. The van der Waals surface area contributed by atoms with Gasteiger partial charge in [-0.15, -0.1) is 0 Å². The molecule has 1 fully saturated rings. The molecule has 0 aliphatic carbocycles. The van der Waals surface area contributed by atoms with Crippen LogP contribution in [0.5, 0.6) is 0 Å². The molecule has 0 saturated carbocycles. The maximum atomic E-state index is 12.0. The van der Waals surface area contributed by atoms with E-state index in [-0.39, 0.29) is 11.9 Å². The van der Waals surface area contributed by atoms with Crippen molar-refractivity contribution in [2.24, 2.45) is 0 Å². The fourth-order valence-electron chi connectivity index (χ4n) is 1.91. The number of carbonyl (C=O) groups excluding carboxylic acids is 2. The van der Waals surface area contributed by atoms with Crippen molar-refractivity contribution in [2.75, 3.05) is 19.6 Å². The Kier molecular flexibility index (Phi) is 2.85. The highest BCUT2D eigenvalue weighted by Gasteiger charge is 2.43. The van der Waals surface area contributed by atoms with E-state index in [9.17, 15) is 9.59 Å². The van der Waals surface area contributed by atoms with Gasteiger partial charge in [0.15, 0.2) is 0 Å². The summed E-state index contributed by atoms with van der Waals surface area (Å²) in [4.78, 5) is 26.9. The van der Waals surface area contributed by atoms with Crippen LogP contribution in [0.4, 0.5) is 4.79 Å². The zero-order chi connectivity index (χ0) is 12.6. The van der Waals surface area contributed by atoms with E-state index in [4.69, 9.17) is 4.74 Å². The van der Waals surface area contributed by atoms with E-state index in [1.54, 1.807) is 4.90 Å². The van der Waals surface area contributed by atoms with Crippen LogP contribution in [-0.2, 0) is 9.53 Å². The average molecular weight is 238 g/mol. The second-order valence-corrected chi connectivity index (χ2v) is 5.36. The number of hydrogen-bond acceptors (Lipinski definition) is 3. The molecule has 0 aromatic carbocycles. The molecule has 3 rings (SSSR count). The van der Waals surface area contributed by atoms with E-state index in [0.717, 1.165) is 0 Å². The topological polar surface area (TPSA) is 49.9 Å². The Bertz CT molecular complexity index is 370. The Morgan fingerprint density at radius 1 is 1.35 bits per heavy atom. The summed E-state index contributed by atoms with van der Waals surface area (Å²) in [5.41, 5.74) is -0.532. The molecule has 2 bridgehead atoms. The molecule has 5 nitrogen and oxygen atoms in total. The van der Waals surface area contributed by atoms with E-state index in [1.165, 1.54) is 4.90 Å². The van der Waals surface area contributed by atoms with Gasteiger partial charge in [-0.2, -0.15) is 0 Å². The van der Waals surface area contributed by atoms with Crippen LogP contribution >= 0.6 is 0 Å². The Morgan fingerprint density at radius 2 is 2.00 bits per heavy atom. The van der Waals surface area contributed by atoms with Crippen LogP contribution in [0.15, 0.2) is 12.2 Å². The number of β-lactam (4-membered cyclic amide) rings is 1. The predicted molar refractivity (Wildman–Crippen MR) is 62.4 cm³/mol. The molecular formula is C12H18N2O3. The Labute approximate surface area is 101 Å². The average Bonchev–Trinajstić information content (AvgIpc) is 2.12. The summed E-state index contributed by atoms with van der Waals surface area (Å²) < 4.78 is 5.30. The summed E-state index contributed by atoms with van der Waals surface area (Å²) in [7, 11) is 0. The Morgan fingerprint density at radius 3 is 2.59 bits per heavy atom. The lowest BCUT2D eigenvalue weighted by molar-refractivity contribution is -0.149. The van der Waals surface area contributed by atoms with Gasteiger partial charge < -0.3 is 9.64 Å². The fraction of sp³-hybridized carbons (Fsp3) is 0.667. The molecule has 0 N–H and O–H groups in total. The summed E-state index contributed by atoms with van der Waals surface area (Å²) in [6.45, 7) is 7.16. The molecule has 1 atom stereocenters. The molecule has 3 heterocycles. The molecule has 0 aromatic rings. The highest BCUT2D eigenvalue weighted by molar-refractivity contribution is 5.91. The highest BCUT2D eigenvalue weighted by Crippen LogP contribution is 2.21. The van der Waals surface area contributed by atoms with Crippen LogP contribution in [0.3, 0.4) is 0 Å². The van der Waals surface area contributed by atoms with Gasteiger partial charge in [0.1, 0.15) is 11.6 Å².